The van der Waals surface area contributed by atoms with Crippen LogP contribution >= 0.6 is 0 Å². The Morgan fingerprint density at radius 1 is 1.12 bits per heavy atom. The van der Waals surface area contributed by atoms with Gasteiger partial charge in [0.1, 0.15) is 5.75 Å². The van der Waals surface area contributed by atoms with E-state index in [1.807, 2.05) is 0 Å². The van der Waals surface area contributed by atoms with E-state index in [-0.39, 0.29) is 22.4 Å². The van der Waals surface area contributed by atoms with Crippen LogP contribution in [-0.4, -0.2) is 52.8 Å². The number of hydrogen-bond acceptors (Lipinski definition) is 6. The van der Waals surface area contributed by atoms with Crippen LogP contribution in [0.15, 0.2) is 23.1 Å². The molecule has 6 nitrogen and oxygen atoms in total. The molecule has 0 radical (unpaired) electrons. The molecule has 2 aliphatic rings. The van der Waals surface area contributed by atoms with Gasteiger partial charge in [0, 0.05) is 12.1 Å². The molecule has 1 N–H and O–H groups in total. The molecule has 8 heteroatoms. The summed E-state index contributed by atoms with van der Waals surface area (Å²) in [6.45, 7) is 1.78. The molecule has 0 unspecified atom stereocenters. The highest BCUT2D eigenvalue weighted by Gasteiger charge is 2.46. The fourth-order valence-corrected chi connectivity index (χ4v) is 8.81. The first kappa shape index (κ1) is 19.6. The molecule has 146 valence electrons. The lowest BCUT2D eigenvalue weighted by atomic mass is 9.95. The predicted molar refractivity (Wildman–Crippen MR) is 101 cm³/mol. The zero-order chi connectivity index (χ0) is 18.9. The van der Waals surface area contributed by atoms with Gasteiger partial charge < -0.3 is 10.1 Å². The van der Waals surface area contributed by atoms with Gasteiger partial charge in [0.05, 0.1) is 28.8 Å². The summed E-state index contributed by atoms with van der Waals surface area (Å²) >= 11 is 0. The fourth-order valence-electron chi connectivity index (χ4n) is 4.05. The van der Waals surface area contributed by atoms with E-state index in [0.29, 0.717) is 11.3 Å². The second kappa shape index (κ2) is 7.48. The number of hydrogen-bond donors (Lipinski definition) is 1. The largest absolute Gasteiger partial charge is 0.496 e. The van der Waals surface area contributed by atoms with E-state index in [1.54, 1.807) is 19.1 Å². The second-order valence-electron chi connectivity index (χ2n) is 7.40. The molecule has 2 atom stereocenters. The van der Waals surface area contributed by atoms with Gasteiger partial charge in [-0.2, -0.15) is 0 Å². The Hall–Kier alpha value is -1.12. The summed E-state index contributed by atoms with van der Waals surface area (Å²) in [5.41, 5.74) is 0.714. The molecule has 26 heavy (non-hydrogen) atoms. The van der Waals surface area contributed by atoms with E-state index in [4.69, 9.17) is 4.74 Å². The van der Waals surface area contributed by atoms with Gasteiger partial charge in [0.25, 0.3) is 0 Å². The van der Waals surface area contributed by atoms with Crippen molar-refractivity contribution < 1.29 is 21.6 Å². The molecule has 1 aliphatic heterocycles. The van der Waals surface area contributed by atoms with E-state index >= 15 is 0 Å². The summed E-state index contributed by atoms with van der Waals surface area (Å²) in [4.78, 5) is 0.161. The Morgan fingerprint density at radius 2 is 1.81 bits per heavy atom. The zero-order valence-electron chi connectivity index (χ0n) is 15.3. The van der Waals surface area contributed by atoms with E-state index in [1.165, 1.54) is 19.6 Å². The topological polar surface area (TPSA) is 89.5 Å². The van der Waals surface area contributed by atoms with Crippen LogP contribution in [0.1, 0.15) is 37.7 Å². The third-order valence-electron chi connectivity index (χ3n) is 5.45. The van der Waals surface area contributed by atoms with Crippen LogP contribution in [0.25, 0.3) is 0 Å². The lowest BCUT2D eigenvalue weighted by molar-refractivity contribution is 0.345. The van der Waals surface area contributed by atoms with Crippen LogP contribution in [0.4, 0.5) is 0 Å². The van der Waals surface area contributed by atoms with Crippen molar-refractivity contribution in [3.05, 3.63) is 23.8 Å². The molecule has 1 saturated carbocycles. The van der Waals surface area contributed by atoms with Crippen molar-refractivity contribution in [3.8, 4) is 5.75 Å². The number of rotatable bonds is 5. The number of benzene rings is 1. The third kappa shape index (κ3) is 4.07. The molecule has 3 rings (SSSR count). The molecule has 1 aliphatic carbocycles. The highest BCUT2D eigenvalue weighted by Crippen LogP contribution is 2.30. The predicted octanol–water partition coefficient (Wildman–Crippen LogP) is 1.87. The quantitative estimate of drug-likeness (QED) is 0.810. The lowest BCUT2D eigenvalue weighted by Crippen LogP contribution is -2.48. The average molecular weight is 402 g/mol. The van der Waals surface area contributed by atoms with Gasteiger partial charge in [-0.3, -0.25) is 0 Å². The van der Waals surface area contributed by atoms with Gasteiger partial charge in [-0.05, 0) is 43.5 Å². The molecule has 0 bridgehead atoms. The van der Waals surface area contributed by atoms with Crippen molar-refractivity contribution in [2.45, 2.75) is 61.3 Å². The van der Waals surface area contributed by atoms with Gasteiger partial charge in [0.2, 0.25) is 0 Å². The zero-order valence-corrected chi connectivity index (χ0v) is 16.9. The van der Waals surface area contributed by atoms with Gasteiger partial charge in [-0.15, -0.1) is 0 Å². The maximum atomic E-state index is 13.2. The van der Waals surface area contributed by atoms with Gasteiger partial charge in [0.15, 0.2) is 19.7 Å². The van der Waals surface area contributed by atoms with Crippen LogP contribution in [0.2, 0.25) is 0 Å². The van der Waals surface area contributed by atoms with Gasteiger partial charge in [-0.25, -0.2) is 16.8 Å². The standard InChI is InChI=1S/C18H27NO5S2/c1-13-10-15(8-9-17(13)24-2)26(22,23)18-12-25(20,21)11-16(18)19-14-6-4-3-5-7-14/h8-10,14,16,18-19H,3-7,11-12H2,1-2H3/t16-,18-/m1/s1. The highest BCUT2D eigenvalue weighted by atomic mass is 32.2. The van der Waals surface area contributed by atoms with Crippen LogP contribution in [0.5, 0.6) is 5.75 Å². The minimum absolute atomic E-state index is 0.109. The molecular weight excluding hydrogens is 374 g/mol. The van der Waals surface area contributed by atoms with Crippen molar-refractivity contribution in [2.24, 2.45) is 0 Å². The SMILES string of the molecule is COc1ccc(S(=O)(=O)[C@@H]2CS(=O)(=O)C[C@H]2NC2CCCCC2)cc1C. The number of nitrogens with one attached hydrogen (secondary N) is 1. The minimum atomic E-state index is -3.75. The Morgan fingerprint density at radius 3 is 2.42 bits per heavy atom. The Bertz CT molecular complexity index is 858. The maximum Gasteiger partial charge on any atom is 0.183 e. The maximum absolute atomic E-state index is 13.2. The molecule has 0 spiro atoms. The number of methoxy groups -OCH3 is 1. The molecule has 1 saturated heterocycles. The van der Waals surface area contributed by atoms with E-state index in [9.17, 15) is 16.8 Å². The molecule has 0 aromatic heterocycles. The number of sulfone groups is 2. The second-order valence-corrected chi connectivity index (χ2v) is 11.7. The van der Waals surface area contributed by atoms with Gasteiger partial charge >= 0.3 is 0 Å². The van der Waals surface area contributed by atoms with Crippen molar-refractivity contribution in [1.29, 1.82) is 0 Å². The summed E-state index contributed by atoms with van der Waals surface area (Å²) in [6.07, 6.45) is 5.35. The Kier molecular flexibility index (Phi) is 5.65. The van der Waals surface area contributed by atoms with E-state index in [0.717, 1.165) is 25.7 Å². The summed E-state index contributed by atoms with van der Waals surface area (Å²) in [5.74, 6) is 0.188. The first-order chi connectivity index (χ1) is 12.2. The van der Waals surface area contributed by atoms with Crippen molar-refractivity contribution >= 4 is 19.7 Å². The first-order valence-electron chi connectivity index (χ1n) is 9.08. The van der Waals surface area contributed by atoms with E-state index in [2.05, 4.69) is 5.32 Å². The van der Waals surface area contributed by atoms with Crippen molar-refractivity contribution in [3.63, 3.8) is 0 Å². The molecule has 0 amide bonds. The average Bonchev–Trinajstić information content (AvgIpc) is 2.90. The summed E-state index contributed by atoms with van der Waals surface area (Å²) < 4.78 is 56.0. The molecular formula is C18H27NO5S2. The summed E-state index contributed by atoms with van der Waals surface area (Å²) in [5, 5.41) is 2.41. The van der Waals surface area contributed by atoms with Crippen LogP contribution in [0, 0.1) is 6.92 Å². The fraction of sp³-hybridized carbons (Fsp3) is 0.667. The summed E-state index contributed by atoms with van der Waals surface area (Å²) in [7, 11) is -5.60. The highest BCUT2D eigenvalue weighted by molar-refractivity contribution is 7.96. The van der Waals surface area contributed by atoms with Gasteiger partial charge in [-0.1, -0.05) is 19.3 Å². The van der Waals surface area contributed by atoms with Crippen molar-refractivity contribution in [2.75, 3.05) is 18.6 Å². The third-order valence-corrected chi connectivity index (χ3v) is 9.60. The minimum Gasteiger partial charge on any atom is -0.496 e. The van der Waals surface area contributed by atoms with Crippen molar-refractivity contribution in [1.82, 2.24) is 5.32 Å². The van der Waals surface area contributed by atoms with Crippen LogP contribution < -0.4 is 10.1 Å². The molecule has 1 aromatic rings. The lowest BCUT2D eigenvalue weighted by Gasteiger charge is -2.28. The molecule has 1 aromatic carbocycles. The summed E-state index contributed by atoms with van der Waals surface area (Å²) in [6, 6.07) is 4.35. The van der Waals surface area contributed by atoms with Crippen LogP contribution in [-0.2, 0) is 19.7 Å². The Labute approximate surface area is 156 Å². The Balaban J connectivity index is 1.88. The van der Waals surface area contributed by atoms with E-state index < -0.39 is 31.0 Å². The molecule has 2 fully saturated rings. The smallest absolute Gasteiger partial charge is 0.183 e. The normalized spacial score (nSPS) is 26.7. The monoisotopic (exact) mass is 401 g/mol. The number of ether oxygens (including phenoxy) is 1. The van der Waals surface area contributed by atoms with Crippen LogP contribution in [0.3, 0.4) is 0 Å². The molecule has 1 heterocycles. The first-order valence-corrected chi connectivity index (χ1v) is 12.4. The number of aryl methyl sites for hydroxylation is 1.